The molecule has 1 unspecified atom stereocenters. The molecule has 2 aliphatic rings. The number of aromatic nitrogens is 4. The van der Waals surface area contributed by atoms with Crippen LogP contribution in [-0.2, 0) is 13.6 Å². The topological polar surface area (TPSA) is 93.0 Å². The third-order valence-corrected chi connectivity index (χ3v) is 6.48. The summed E-state index contributed by atoms with van der Waals surface area (Å²) >= 11 is 0. The minimum Gasteiger partial charge on any atom is -0.353 e. The number of nitrogens with one attached hydrogen (secondary N) is 1. The molecular formula is C23H27N5O3. The first-order chi connectivity index (χ1) is 15.0. The number of aromatic amines is 1. The molecule has 162 valence electrons. The predicted molar refractivity (Wildman–Crippen MR) is 117 cm³/mol. The molecule has 1 saturated carbocycles. The molecule has 0 aromatic carbocycles. The maximum absolute atomic E-state index is 13.8. The van der Waals surface area contributed by atoms with Crippen molar-refractivity contribution in [2.24, 2.45) is 7.05 Å². The first kappa shape index (κ1) is 19.8. The number of rotatable bonds is 5. The molecule has 1 amide bonds. The summed E-state index contributed by atoms with van der Waals surface area (Å²) in [5.74, 6) is 0.132. The number of H-pyrrole nitrogens is 1. The SMILES string of the molecule is CCCn1c(=O)[nH]c(=O)c2c(C(=O)N3CCCC3c3cccn3C)cc(C3CC3)nc21. The summed E-state index contributed by atoms with van der Waals surface area (Å²) in [5.41, 5.74) is 1.57. The maximum atomic E-state index is 13.8. The minimum absolute atomic E-state index is 0.0271. The number of carbonyl (C=O) groups is 1. The molecule has 3 aromatic heterocycles. The molecule has 4 heterocycles. The standard InChI is InChI=1S/C23H27N5O3/c1-3-10-28-20-19(21(29)25-23(28)31)15(13-16(24-20)14-8-9-14)22(30)27-12-5-7-18(27)17-6-4-11-26(17)2/h4,6,11,13-14,18H,3,5,7-10,12H2,1-2H3,(H,25,29,31). The molecule has 0 bridgehead atoms. The van der Waals surface area contributed by atoms with Gasteiger partial charge >= 0.3 is 5.69 Å². The van der Waals surface area contributed by atoms with Crippen LogP contribution in [-0.4, -0.2) is 36.5 Å². The van der Waals surface area contributed by atoms with Crippen molar-refractivity contribution in [1.82, 2.24) is 24.0 Å². The number of hydrogen-bond acceptors (Lipinski definition) is 4. The Morgan fingerprint density at radius 3 is 2.74 bits per heavy atom. The van der Waals surface area contributed by atoms with E-state index in [0.717, 1.165) is 43.5 Å². The molecule has 1 atom stereocenters. The summed E-state index contributed by atoms with van der Waals surface area (Å²) in [7, 11) is 1.98. The lowest BCUT2D eigenvalue weighted by Crippen LogP contribution is -2.35. The molecule has 31 heavy (non-hydrogen) atoms. The number of aryl methyl sites for hydroxylation is 2. The predicted octanol–water partition coefficient (Wildman–Crippen LogP) is 2.69. The van der Waals surface area contributed by atoms with Gasteiger partial charge < -0.3 is 9.47 Å². The quantitative estimate of drug-likeness (QED) is 0.685. The molecule has 1 aliphatic carbocycles. The van der Waals surface area contributed by atoms with Gasteiger partial charge in [0, 0.05) is 43.6 Å². The van der Waals surface area contributed by atoms with Gasteiger partial charge in [-0.05, 0) is 50.3 Å². The highest BCUT2D eigenvalue weighted by Crippen LogP contribution is 2.40. The number of nitrogens with zero attached hydrogens (tertiary/aromatic N) is 4. The summed E-state index contributed by atoms with van der Waals surface area (Å²) in [4.78, 5) is 48.2. The fourth-order valence-corrected chi connectivity index (χ4v) is 4.77. The largest absolute Gasteiger partial charge is 0.353 e. The molecule has 3 aromatic rings. The van der Waals surface area contributed by atoms with E-state index in [0.29, 0.717) is 30.2 Å². The lowest BCUT2D eigenvalue weighted by atomic mass is 10.1. The summed E-state index contributed by atoms with van der Waals surface area (Å²) in [6.07, 6.45) is 6.54. The second-order valence-corrected chi connectivity index (χ2v) is 8.68. The highest BCUT2D eigenvalue weighted by atomic mass is 16.2. The van der Waals surface area contributed by atoms with Gasteiger partial charge in [0.15, 0.2) is 5.65 Å². The highest BCUT2D eigenvalue weighted by Gasteiger charge is 2.35. The second-order valence-electron chi connectivity index (χ2n) is 8.68. The van der Waals surface area contributed by atoms with Gasteiger partial charge in [-0.2, -0.15) is 0 Å². The molecule has 1 saturated heterocycles. The lowest BCUT2D eigenvalue weighted by molar-refractivity contribution is 0.0733. The van der Waals surface area contributed by atoms with Gasteiger partial charge in [-0.15, -0.1) is 0 Å². The summed E-state index contributed by atoms with van der Waals surface area (Å²) in [6, 6.07) is 5.79. The van der Waals surface area contributed by atoms with Gasteiger partial charge in [-0.25, -0.2) is 9.78 Å². The maximum Gasteiger partial charge on any atom is 0.329 e. The van der Waals surface area contributed by atoms with E-state index in [1.54, 1.807) is 6.07 Å². The van der Waals surface area contributed by atoms with Crippen molar-refractivity contribution in [2.45, 2.75) is 57.5 Å². The first-order valence-corrected chi connectivity index (χ1v) is 11.1. The van der Waals surface area contributed by atoms with Gasteiger partial charge in [0.1, 0.15) is 0 Å². The van der Waals surface area contributed by atoms with Crippen LogP contribution >= 0.6 is 0 Å². The Morgan fingerprint density at radius 2 is 2.06 bits per heavy atom. The Bertz CT molecular complexity index is 1280. The highest BCUT2D eigenvalue weighted by molar-refractivity contribution is 6.05. The summed E-state index contributed by atoms with van der Waals surface area (Å²) in [6.45, 7) is 3.05. The van der Waals surface area contributed by atoms with Crippen LogP contribution in [0.2, 0.25) is 0 Å². The van der Waals surface area contributed by atoms with Gasteiger partial charge in [0.05, 0.1) is 17.0 Å². The van der Waals surface area contributed by atoms with Gasteiger partial charge in [0.2, 0.25) is 0 Å². The van der Waals surface area contributed by atoms with Crippen molar-refractivity contribution in [3.63, 3.8) is 0 Å². The number of carbonyl (C=O) groups excluding carboxylic acids is 1. The van der Waals surface area contributed by atoms with Crippen LogP contribution in [0.3, 0.4) is 0 Å². The Morgan fingerprint density at radius 1 is 1.26 bits per heavy atom. The second kappa shape index (κ2) is 7.51. The van der Waals surface area contributed by atoms with Crippen LogP contribution in [0.25, 0.3) is 11.0 Å². The van der Waals surface area contributed by atoms with Crippen LogP contribution in [0.5, 0.6) is 0 Å². The van der Waals surface area contributed by atoms with Crippen LogP contribution in [0, 0.1) is 0 Å². The third-order valence-electron chi connectivity index (χ3n) is 6.48. The van der Waals surface area contributed by atoms with E-state index in [4.69, 9.17) is 4.98 Å². The zero-order chi connectivity index (χ0) is 21.7. The Balaban J connectivity index is 1.69. The Hall–Kier alpha value is -3.16. The average molecular weight is 422 g/mol. The molecule has 0 radical (unpaired) electrons. The minimum atomic E-state index is -0.542. The molecule has 2 fully saturated rings. The number of fused-ring (bicyclic) bond motifs is 1. The molecule has 8 heteroatoms. The molecule has 1 aliphatic heterocycles. The van der Waals surface area contributed by atoms with Gasteiger partial charge in [-0.1, -0.05) is 6.92 Å². The molecule has 1 N–H and O–H groups in total. The van der Waals surface area contributed by atoms with Crippen LogP contribution in [0.15, 0.2) is 34.0 Å². The fraction of sp³-hybridized carbons (Fsp3) is 0.478. The number of hydrogen-bond donors (Lipinski definition) is 1. The van der Waals surface area contributed by atoms with Crippen LogP contribution < -0.4 is 11.2 Å². The first-order valence-electron chi connectivity index (χ1n) is 11.1. The summed E-state index contributed by atoms with van der Waals surface area (Å²) in [5, 5.41) is 0.222. The third kappa shape index (κ3) is 3.30. The van der Waals surface area contributed by atoms with Crippen molar-refractivity contribution in [3.8, 4) is 0 Å². The molecule has 5 rings (SSSR count). The summed E-state index contributed by atoms with van der Waals surface area (Å²) < 4.78 is 3.54. The number of pyridine rings is 1. The van der Waals surface area contributed by atoms with E-state index in [2.05, 4.69) is 4.98 Å². The van der Waals surface area contributed by atoms with Gasteiger partial charge in [-0.3, -0.25) is 19.1 Å². The molecular weight excluding hydrogens is 394 g/mol. The van der Waals surface area contributed by atoms with Gasteiger partial charge in [0.25, 0.3) is 11.5 Å². The fourth-order valence-electron chi connectivity index (χ4n) is 4.77. The Kier molecular flexibility index (Phi) is 4.79. The van der Waals surface area contributed by atoms with E-state index >= 15 is 0 Å². The van der Waals surface area contributed by atoms with Crippen molar-refractivity contribution in [2.75, 3.05) is 6.54 Å². The molecule has 0 spiro atoms. The number of amides is 1. The normalized spacial score (nSPS) is 18.8. The van der Waals surface area contributed by atoms with E-state index in [-0.39, 0.29) is 17.3 Å². The van der Waals surface area contributed by atoms with Crippen molar-refractivity contribution in [3.05, 3.63) is 62.2 Å². The Labute approximate surface area is 179 Å². The van der Waals surface area contributed by atoms with Crippen molar-refractivity contribution in [1.29, 1.82) is 0 Å². The zero-order valence-corrected chi connectivity index (χ0v) is 17.9. The van der Waals surface area contributed by atoms with Crippen LogP contribution in [0.4, 0.5) is 0 Å². The smallest absolute Gasteiger partial charge is 0.329 e. The van der Waals surface area contributed by atoms with E-state index in [1.165, 1.54) is 4.57 Å². The van der Waals surface area contributed by atoms with Crippen LogP contribution in [0.1, 0.15) is 72.7 Å². The van der Waals surface area contributed by atoms with Crippen molar-refractivity contribution >= 4 is 16.9 Å². The molecule has 8 nitrogen and oxygen atoms in total. The monoisotopic (exact) mass is 421 g/mol. The van der Waals surface area contributed by atoms with Crippen molar-refractivity contribution < 1.29 is 4.79 Å². The van der Waals surface area contributed by atoms with E-state index in [1.807, 2.05) is 41.8 Å². The zero-order valence-electron chi connectivity index (χ0n) is 17.9. The van der Waals surface area contributed by atoms with E-state index in [9.17, 15) is 14.4 Å². The number of likely N-dealkylation sites (tertiary alicyclic amines) is 1. The lowest BCUT2D eigenvalue weighted by Gasteiger charge is -2.26. The average Bonchev–Trinajstić information content (AvgIpc) is 3.34. The van der Waals surface area contributed by atoms with E-state index < -0.39 is 11.2 Å².